The van der Waals surface area contributed by atoms with Gasteiger partial charge in [0.2, 0.25) is 0 Å². The van der Waals surface area contributed by atoms with Gasteiger partial charge in [0.15, 0.2) is 5.96 Å². The summed E-state index contributed by atoms with van der Waals surface area (Å²) in [5.74, 6) is 1.95. The van der Waals surface area contributed by atoms with E-state index in [1.807, 2.05) is 31.4 Å². The quantitative estimate of drug-likeness (QED) is 0.345. The largest absolute Gasteiger partial charge is 0.375 e. The van der Waals surface area contributed by atoms with Crippen LogP contribution in [0.2, 0.25) is 5.02 Å². The fourth-order valence-corrected chi connectivity index (χ4v) is 4.32. The van der Waals surface area contributed by atoms with Gasteiger partial charge in [0.1, 0.15) is 5.82 Å². The third kappa shape index (κ3) is 6.39. The number of morpholine rings is 1. The topological polar surface area (TPSA) is 56.2 Å². The first-order valence-electron chi connectivity index (χ1n) is 10.9. The summed E-state index contributed by atoms with van der Waals surface area (Å²) in [6.07, 6.45) is 2.13. The van der Waals surface area contributed by atoms with Crippen LogP contribution in [0.25, 0.3) is 0 Å². The summed E-state index contributed by atoms with van der Waals surface area (Å²) < 4.78 is 5.65. The number of nitrogens with one attached hydrogen (secondary N) is 1. The van der Waals surface area contributed by atoms with Crippen LogP contribution in [-0.4, -0.2) is 74.9 Å². The molecule has 0 aliphatic carbocycles. The van der Waals surface area contributed by atoms with Crippen LogP contribution in [0, 0.1) is 0 Å². The van der Waals surface area contributed by atoms with Gasteiger partial charge in [0.25, 0.3) is 0 Å². The number of benzene rings is 1. The minimum absolute atomic E-state index is 0. The lowest BCUT2D eigenvalue weighted by atomic mass is 10.2. The van der Waals surface area contributed by atoms with Crippen LogP contribution in [0.3, 0.4) is 0 Å². The minimum atomic E-state index is 0. The third-order valence-electron chi connectivity index (χ3n) is 5.79. The molecular weight excluding hydrogens is 539 g/mol. The van der Waals surface area contributed by atoms with E-state index >= 15 is 0 Å². The molecule has 7 nitrogen and oxygen atoms in total. The highest BCUT2D eigenvalue weighted by Crippen LogP contribution is 2.21. The van der Waals surface area contributed by atoms with Crippen LogP contribution in [0.4, 0.5) is 11.5 Å². The van der Waals surface area contributed by atoms with Crippen molar-refractivity contribution in [2.75, 3.05) is 62.7 Å². The molecule has 1 atom stereocenters. The lowest BCUT2D eigenvalue weighted by Crippen LogP contribution is -2.52. The van der Waals surface area contributed by atoms with Gasteiger partial charge in [-0.25, -0.2) is 4.98 Å². The zero-order valence-electron chi connectivity index (χ0n) is 18.7. The van der Waals surface area contributed by atoms with Gasteiger partial charge < -0.3 is 24.8 Å². The van der Waals surface area contributed by atoms with Gasteiger partial charge in [-0.3, -0.25) is 4.99 Å². The Labute approximate surface area is 212 Å². The summed E-state index contributed by atoms with van der Waals surface area (Å²) in [4.78, 5) is 16.0. The number of pyridine rings is 1. The molecule has 1 aromatic heterocycles. The first-order chi connectivity index (χ1) is 15.1. The van der Waals surface area contributed by atoms with Crippen LogP contribution < -0.4 is 15.1 Å². The number of aromatic nitrogens is 1. The molecule has 2 saturated heterocycles. The average Bonchev–Trinajstić information content (AvgIpc) is 2.80. The molecule has 174 valence electrons. The predicted octanol–water partition coefficient (Wildman–Crippen LogP) is 3.48. The second-order valence-corrected chi connectivity index (χ2v) is 8.44. The van der Waals surface area contributed by atoms with Crippen LogP contribution >= 0.6 is 35.6 Å². The van der Waals surface area contributed by atoms with Gasteiger partial charge in [-0.15, -0.1) is 24.0 Å². The van der Waals surface area contributed by atoms with Crippen molar-refractivity contribution in [3.63, 3.8) is 0 Å². The zero-order valence-corrected chi connectivity index (χ0v) is 21.8. The normalized spacial score (nSPS) is 19.5. The monoisotopic (exact) mass is 570 g/mol. The molecule has 2 aliphatic rings. The van der Waals surface area contributed by atoms with Crippen LogP contribution in [0.15, 0.2) is 47.6 Å². The van der Waals surface area contributed by atoms with Crippen molar-refractivity contribution in [2.45, 2.75) is 19.6 Å². The van der Waals surface area contributed by atoms with E-state index in [0.717, 1.165) is 69.2 Å². The maximum absolute atomic E-state index is 6.15. The highest BCUT2D eigenvalue weighted by atomic mass is 127. The molecule has 9 heteroatoms. The molecule has 2 aromatic rings. The lowest BCUT2D eigenvalue weighted by molar-refractivity contribution is 0.0529. The Balaban J connectivity index is 0.00000289. The number of ether oxygens (including phenoxy) is 1. The lowest BCUT2D eigenvalue weighted by Gasteiger charge is -2.37. The van der Waals surface area contributed by atoms with Gasteiger partial charge >= 0.3 is 0 Å². The summed E-state index contributed by atoms with van der Waals surface area (Å²) >= 11 is 6.15. The van der Waals surface area contributed by atoms with E-state index in [2.05, 4.69) is 55.1 Å². The van der Waals surface area contributed by atoms with Crippen molar-refractivity contribution >= 4 is 53.0 Å². The molecule has 32 heavy (non-hydrogen) atoms. The van der Waals surface area contributed by atoms with Crippen LogP contribution in [-0.2, 0) is 11.3 Å². The second kappa shape index (κ2) is 11.9. The average molecular weight is 571 g/mol. The zero-order chi connectivity index (χ0) is 21.6. The van der Waals surface area contributed by atoms with Crippen molar-refractivity contribution in [2.24, 2.45) is 4.99 Å². The van der Waals surface area contributed by atoms with Gasteiger partial charge in [-0.2, -0.15) is 0 Å². The van der Waals surface area contributed by atoms with Crippen molar-refractivity contribution < 1.29 is 4.74 Å². The summed E-state index contributed by atoms with van der Waals surface area (Å²) in [7, 11) is 1.85. The molecule has 1 aromatic carbocycles. The maximum Gasteiger partial charge on any atom is 0.194 e. The minimum Gasteiger partial charge on any atom is -0.375 e. The number of nitrogens with zero attached hydrogens (tertiary/aromatic N) is 5. The highest BCUT2D eigenvalue weighted by molar-refractivity contribution is 14.0. The Morgan fingerprint density at radius 2 is 1.97 bits per heavy atom. The van der Waals surface area contributed by atoms with Crippen LogP contribution in [0.5, 0.6) is 0 Å². The van der Waals surface area contributed by atoms with Crippen molar-refractivity contribution in [1.29, 1.82) is 0 Å². The number of guanidine groups is 1. The molecule has 0 bridgehead atoms. The van der Waals surface area contributed by atoms with E-state index in [9.17, 15) is 0 Å². The number of hydrogen-bond acceptors (Lipinski definition) is 5. The smallest absolute Gasteiger partial charge is 0.194 e. The standard InChI is InChI=1S/C23H31ClN6O.HI/c1-18-17-30(12-13-31-18)22-14-19(6-7-26-22)16-27-23(25-2)29-10-8-28(9-11-29)21-5-3-4-20(24)15-21;/h3-7,14-15,18H,8-13,16-17H2,1-2H3,(H,25,27);1H. The fourth-order valence-electron chi connectivity index (χ4n) is 4.13. The summed E-state index contributed by atoms with van der Waals surface area (Å²) in [5, 5.41) is 4.30. The van der Waals surface area contributed by atoms with E-state index in [1.165, 1.54) is 11.3 Å². The molecule has 0 spiro atoms. The number of piperazine rings is 1. The Morgan fingerprint density at radius 1 is 1.16 bits per heavy atom. The maximum atomic E-state index is 6.15. The van der Waals surface area contributed by atoms with E-state index < -0.39 is 0 Å². The molecule has 0 radical (unpaired) electrons. The van der Waals surface area contributed by atoms with E-state index in [-0.39, 0.29) is 30.1 Å². The Morgan fingerprint density at radius 3 is 2.69 bits per heavy atom. The molecule has 1 unspecified atom stereocenters. The first-order valence-corrected chi connectivity index (χ1v) is 11.3. The van der Waals surface area contributed by atoms with Crippen LogP contribution in [0.1, 0.15) is 12.5 Å². The van der Waals surface area contributed by atoms with Gasteiger partial charge in [0, 0.05) is 69.8 Å². The Bertz CT molecular complexity index is 906. The highest BCUT2D eigenvalue weighted by Gasteiger charge is 2.21. The fraction of sp³-hybridized carbons (Fsp3) is 0.478. The Hall–Kier alpha value is -1.78. The van der Waals surface area contributed by atoms with Crippen molar-refractivity contribution in [1.82, 2.24) is 15.2 Å². The molecule has 4 rings (SSSR count). The Kier molecular flexibility index (Phi) is 9.24. The molecule has 3 heterocycles. The third-order valence-corrected chi connectivity index (χ3v) is 6.03. The first kappa shape index (κ1) is 24.9. The van der Waals surface area contributed by atoms with E-state index in [0.29, 0.717) is 0 Å². The summed E-state index contributed by atoms with van der Waals surface area (Å²) in [6, 6.07) is 12.3. The molecular formula is C23H32ClIN6O. The molecule has 2 aliphatic heterocycles. The van der Waals surface area contributed by atoms with Crippen molar-refractivity contribution in [3.8, 4) is 0 Å². The second-order valence-electron chi connectivity index (χ2n) is 8.00. The molecule has 0 amide bonds. The number of rotatable bonds is 4. The number of aliphatic imine (C=N–C) groups is 1. The molecule has 1 N–H and O–H groups in total. The SMILES string of the molecule is CN=C(NCc1ccnc(N2CCOC(C)C2)c1)N1CCN(c2cccc(Cl)c2)CC1.I. The summed E-state index contributed by atoms with van der Waals surface area (Å²) in [5.41, 5.74) is 2.37. The molecule has 0 saturated carbocycles. The molecule has 2 fully saturated rings. The van der Waals surface area contributed by atoms with Gasteiger partial charge in [-0.1, -0.05) is 17.7 Å². The van der Waals surface area contributed by atoms with E-state index in [4.69, 9.17) is 16.3 Å². The van der Waals surface area contributed by atoms with Gasteiger partial charge in [-0.05, 0) is 42.8 Å². The number of halogens is 2. The summed E-state index contributed by atoms with van der Waals surface area (Å²) in [6.45, 7) is 9.04. The number of hydrogen-bond donors (Lipinski definition) is 1. The number of anilines is 2. The predicted molar refractivity (Wildman–Crippen MR) is 143 cm³/mol. The van der Waals surface area contributed by atoms with E-state index in [1.54, 1.807) is 0 Å². The van der Waals surface area contributed by atoms with Gasteiger partial charge in [0.05, 0.1) is 12.7 Å². The van der Waals surface area contributed by atoms with Crippen molar-refractivity contribution in [3.05, 3.63) is 53.2 Å².